The lowest BCUT2D eigenvalue weighted by Gasteiger charge is -2.45. The highest BCUT2D eigenvalue weighted by Crippen LogP contribution is 2.64. The molecule has 0 aromatic carbocycles. The van der Waals surface area contributed by atoms with Gasteiger partial charge in [-0.3, -0.25) is 15.0 Å². The zero-order valence-corrected chi connectivity index (χ0v) is 62.3. The second kappa shape index (κ2) is 31.5. The maximum Gasteiger partial charge on any atom is 0.410 e. The lowest BCUT2D eigenvalue weighted by atomic mass is 9.84. The molecular formula is C74H95Cl3N12O12. The number of alkyl halides is 2. The number of fused-ring (bicyclic) bond motifs is 9. The molecule has 15 rings (SSSR count). The molecule has 24 nitrogen and oxygen atoms in total. The van der Waals surface area contributed by atoms with Crippen LogP contribution in [-0.4, -0.2) is 150 Å². The topological polar surface area (TPSA) is 269 Å². The Balaban J connectivity index is 0.000000143. The van der Waals surface area contributed by atoms with Crippen molar-refractivity contribution in [2.24, 2.45) is 16.2 Å². The van der Waals surface area contributed by atoms with Crippen LogP contribution in [0.2, 0.25) is 0 Å². The summed E-state index contributed by atoms with van der Waals surface area (Å²) in [6.07, 6.45) is 25.3. The molecule has 9 aliphatic rings. The molecular weight excluding hydrogens is 1360 g/mol. The largest absolute Gasteiger partial charge is 0.473 e. The number of hydrogen-bond acceptors (Lipinski definition) is 22. The van der Waals surface area contributed by atoms with Crippen molar-refractivity contribution in [3.05, 3.63) is 108 Å². The van der Waals surface area contributed by atoms with E-state index >= 15 is 0 Å². The molecule has 3 saturated carbocycles. The number of nitrogens with zero attached hydrogens (tertiary/aromatic N) is 11. The van der Waals surface area contributed by atoms with Gasteiger partial charge in [-0.05, 0) is 203 Å². The summed E-state index contributed by atoms with van der Waals surface area (Å²) in [4.78, 5) is 78.6. The van der Waals surface area contributed by atoms with Crippen molar-refractivity contribution < 1.29 is 57.0 Å². The molecule has 0 radical (unpaired) electrons. The number of carbonyl (C=O) groups is 3. The first kappa shape index (κ1) is 74.5. The average Bonchev–Trinajstić information content (AvgIpc) is 1.57. The fourth-order valence-corrected chi connectivity index (χ4v) is 15.7. The Morgan fingerprint density at radius 3 is 1.21 bits per heavy atom. The molecule has 6 aromatic rings. The first-order chi connectivity index (χ1) is 48.3. The summed E-state index contributed by atoms with van der Waals surface area (Å²) in [5.41, 5.74) is 3.82. The molecule has 12 heterocycles. The molecule has 9 unspecified atom stereocenters. The molecule has 27 heteroatoms. The quantitative estimate of drug-likeness (QED) is 0.0603. The molecule has 2 amide bonds. The van der Waals surface area contributed by atoms with Gasteiger partial charge in [-0.25, -0.2) is 44.3 Å². The van der Waals surface area contributed by atoms with Gasteiger partial charge in [-0.1, -0.05) is 0 Å². The zero-order chi connectivity index (χ0) is 72.1. The van der Waals surface area contributed by atoms with E-state index in [1.807, 2.05) is 122 Å². The summed E-state index contributed by atoms with van der Waals surface area (Å²) in [6, 6.07) is 13.0. The second-order valence-electron chi connectivity index (χ2n) is 29.3. The van der Waals surface area contributed by atoms with Crippen LogP contribution in [0.3, 0.4) is 0 Å². The van der Waals surface area contributed by atoms with E-state index in [1.165, 1.54) is 44.7 Å². The number of carbonyl (C=O) groups excluding carboxylic acids is 3. The third-order valence-corrected chi connectivity index (χ3v) is 20.9. The van der Waals surface area contributed by atoms with Crippen LogP contribution < -0.4 is 33.7 Å². The van der Waals surface area contributed by atoms with Crippen LogP contribution in [0.1, 0.15) is 179 Å². The van der Waals surface area contributed by atoms with Gasteiger partial charge >= 0.3 is 17.6 Å². The van der Waals surface area contributed by atoms with Crippen molar-refractivity contribution in [2.45, 2.75) is 259 Å². The molecule has 101 heavy (non-hydrogen) atoms. The molecule has 9 fully saturated rings. The maximum atomic E-state index is 13.0. The fraction of sp³-hybridized carbons (Fsp3) is 0.595. The smallest absolute Gasteiger partial charge is 0.410 e. The molecule has 6 aromatic heterocycles. The highest BCUT2D eigenvalue weighted by molar-refractivity contribution is 6.61. The van der Waals surface area contributed by atoms with Gasteiger partial charge in [0.1, 0.15) is 42.9 Å². The number of hydrogen-bond donors (Lipinski definition) is 1. The van der Waals surface area contributed by atoms with Crippen molar-refractivity contribution in [1.29, 1.82) is 0 Å². The maximum absolute atomic E-state index is 13.0. The SMILES string of the molecule is CC(C)OC(=O)Cl.Cc1ncccc1Oc1ncnc(OC2CC3CCC(N3)C23CC3)c1C.Cc1ncccc1Oc1ncnc(OC2CC3CCC(N3C(=O)OC(C)(C)C)C23CC3)c1C.Cc1ncccc1Oc1ncnc(OC2CC3CCC(N3C(=O)OC(C)C)C23CC3)c1C.ClCCl. The van der Waals surface area contributed by atoms with Gasteiger partial charge in [0.15, 0.2) is 17.2 Å². The Hall–Kier alpha value is -7.67. The standard InChI is InChI=1S/C25H32N4O4.C24H30N4O4.C20H24N4O2.C4H7ClO2.CH2Cl2/c1-15-21(31-18-7-6-12-26-16(18)2)27-14-28-22(15)32-20-13-17-8-9-19(25(20)10-11-25)29(17)23(30)33-24(3,4)5;1-14(2)30-23(29)28-17-7-8-19(28)24(9-10-24)20(12-17)32-22-15(3)21(26-13-27-22)31-18-6-5-11-25-16(18)4;1-12-18(25-15-4-3-9-21-13(15)2)22-11-23-19(12)26-17-10-14-5-6-16(24-14)20(17)7-8-20;1-3(2)7-4(5)6;2-1-3/h6-7,12,14,17,19-20H,8-11,13H2,1-5H3;5-6,11,13-14,17,19-20H,7-10,12H2,1-4H3;3-4,9,11,14,16-17,24H,5-8,10H2,1-2H3;3H,1-2H3;1H2. The monoisotopic (exact) mass is 1450 g/mol. The number of aromatic nitrogens is 9. The van der Waals surface area contributed by atoms with Crippen molar-refractivity contribution >= 4 is 52.4 Å². The first-order valence-electron chi connectivity index (χ1n) is 35.2. The fourth-order valence-electron chi connectivity index (χ4n) is 15.5. The van der Waals surface area contributed by atoms with Crippen molar-refractivity contribution in [3.63, 3.8) is 0 Å². The molecule has 6 aliphatic heterocycles. The van der Waals surface area contributed by atoms with Crippen molar-refractivity contribution in [1.82, 2.24) is 60.0 Å². The normalized spacial score (nSPS) is 24.2. The Morgan fingerprint density at radius 2 is 0.871 bits per heavy atom. The Morgan fingerprint density at radius 1 is 0.505 bits per heavy atom. The summed E-state index contributed by atoms with van der Waals surface area (Å²) in [5.74, 6) is 5.24. The van der Waals surface area contributed by atoms with Gasteiger partial charge in [-0.2, -0.15) is 0 Å². The lowest BCUT2D eigenvalue weighted by molar-refractivity contribution is -0.0404. The average molecular weight is 1450 g/mol. The highest BCUT2D eigenvalue weighted by atomic mass is 35.5. The number of rotatable bonds is 14. The first-order valence-corrected chi connectivity index (χ1v) is 36.7. The Bertz CT molecular complexity index is 3890. The van der Waals surface area contributed by atoms with Crippen LogP contribution in [0.25, 0.3) is 0 Å². The van der Waals surface area contributed by atoms with Gasteiger partial charge < -0.3 is 57.7 Å². The second-order valence-corrected chi connectivity index (χ2v) is 30.5. The van der Waals surface area contributed by atoms with E-state index in [4.69, 9.17) is 72.7 Å². The molecule has 3 aliphatic carbocycles. The third kappa shape index (κ3) is 17.0. The molecule has 3 spiro atoms. The number of ether oxygens (including phenoxy) is 9. The summed E-state index contributed by atoms with van der Waals surface area (Å²) < 4.78 is 53.2. The molecule has 544 valence electrons. The van der Waals surface area contributed by atoms with Gasteiger partial charge in [-0.15, -0.1) is 23.2 Å². The van der Waals surface area contributed by atoms with Crippen molar-refractivity contribution in [2.75, 3.05) is 5.34 Å². The van der Waals surface area contributed by atoms with Crippen LogP contribution in [0.4, 0.5) is 14.4 Å². The Labute approximate surface area is 606 Å². The van der Waals surface area contributed by atoms with Gasteiger partial charge in [0, 0.05) is 102 Å². The van der Waals surface area contributed by atoms with Crippen LogP contribution in [0.15, 0.2) is 74.0 Å². The third-order valence-electron chi connectivity index (χ3n) is 20.9. The lowest BCUT2D eigenvalue weighted by Crippen LogP contribution is -2.57. The number of pyridine rings is 3. The molecule has 1 N–H and O–H groups in total. The van der Waals surface area contributed by atoms with Crippen molar-refractivity contribution in [3.8, 4) is 52.5 Å². The van der Waals surface area contributed by atoms with E-state index in [0.717, 1.165) is 104 Å². The molecule has 6 saturated heterocycles. The Kier molecular flexibility index (Phi) is 23.2. The summed E-state index contributed by atoms with van der Waals surface area (Å²) in [7, 11) is 0. The minimum absolute atomic E-state index is 0.00950. The number of aryl methyl sites for hydroxylation is 3. The number of nitrogens with one attached hydrogen (secondary N) is 1. The van der Waals surface area contributed by atoms with Crippen LogP contribution in [0.5, 0.6) is 52.5 Å². The predicted molar refractivity (Wildman–Crippen MR) is 379 cm³/mol. The van der Waals surface area contributed by atoms with E-state index in [9.17, 15) is 14.4 Å². The van der Waals surface area contributed by atoms with E-state index in [1.54, 1.807) is 32.4 Å². The number of amides is 2. The van der Waals surface area contributed by atoms with Gasteiger partial charge in [0.25, 0.3) is 0 Å². The van der Waals surface area contributed by atoms with E-state index in [-0.39, 0.29) is 83.0 Å². The summed E-state index contributed by atoms with van der Waals surface area (Å²) >= 11 is 14.3. The minimum atomic E-state index is -0.741. The van der Waals surface area contributed by atoms with E-state index < -0.39 is 11.0 Å². The van der Waals surface area contributed by atoms with E-state index in [2.05, 4.69) is 54.9 Å². The van der Waals surface area contributed by atoms with E-state index in [0.29, 0.717) is 70.0 Å². The van der Waals surface area contributed by atoms with Gasteiger partial charge in [0.05, 0.1) is 51.3 Å². The number of piperidine rings is 3. The minimum Gasteiger partial charge on any atom is -0.473 e. The van der Waals surface area contributed by atoms with Crippen LogP contribution in [-0.2, 0) is 14.2 Å². The van der Waals surface area contributed by atoms with Crippen LogP contribution >= 0.6 is 34.8 Å². The molecule has 6 bridgehead atoms. The molecule has 9 atom stereocenters. The van der Waals surface area contributed by atoms with Gasteiger partial charge in [0.2, 0.25) is 35.3 Å². The predicted octanol–water partition coefficient (Wildman–Crippen LogP) is 16.1. The van der Waals surface area contributed by atoms with Crippen LogP contribution in [0, 0.1) is 57.8 Å². The number of halogens is 3. The summed E-state index contributed by atoms with van der Waals surface area (Å²) in [5, 5.41) is 3.97. The highest BCUT2D eigenvalue weighted by Gasteiger charge is 2.67. The zero-order valence-electron chi connectivity index (χ0n) is 60.0. The summed E-state index contributed by atoms with van der Waals surface area (Å²) in [6.45, 7) is 24.5.